The van der Waals surface area contributed by atoms with Gasteiger partial charge in [-0.3, -0.25) is 14.4 Å². The third-order valence-electron chi connectivity index (χ3n) is 12.5. The highest BCUT2D eigenvalue weighted by Gasteiger charge is 2.42. The fraction of sp³-hybridized carbons (Fsp3) is 0.444. The molecule has 2 aromatic heterocycles. The van der Waals surface area contributed by atoms with Gasteiger partial charge < -0.3 is 30.9 Å². The van der Waals surface area contributed by atoms with Gasteiger partial charge in [0, 0.05) is 35.0 Å². The molecule has 2 fully saturated rings. The molecule has 2 aliphatic rings. The summed E-state index contributed by atoms with van der Waals surface area (Å²) >= 11 is 3.21. The number of benzene rings is 4. The van der Waals surface area contributed by atoms with Crippen molar-refractivity contribution >= 4 is 68.0 Å². The summed E-state index contributed by atoms with van der Waals surface area (Å²) in [6.07, 6.45) is 2.94. The minimum absolute atomic E-state index is 0.0367. The van der Waals surface area contributed by atoms with Crippen LogP contribution >= 0.6 is 22.7 Å². The van der Waals surface area contributed by atoms with Crippen molar-refractivity contribution in [2.75, 3.05) is 13.1 Å². The molecule has 0 saturated carbocycles. The molecule has 14 heteroatoms. The van der Waals surface area contributed by atoms with Crippen LogP contribution in [-0.2, 0) is 19.1 Å². The smallest absolute Gasteiger partial charge is 0.408 e. The van der Waals surface area contributed by atoms with Crippen LogP contribution in [0.5, 0.6) is 0 Å². The molecule has 4 N–H and O–H groups in total. The molecule has 2 aliphatic heterocycles. The van der Waals surface area contributed by atoms with Crippen molar-refractivity contribution in [2.24, 2.45) is 16.6 Å². The lowest BCUT2D eigenvalue weighted by atomic mass is 9.85. The summed E-state index contributed by atoms with van der Waals surface area (Å²) in [7, 11) is 0. The van der Waals surface area contributed by atoms with Gasteiger partial charge in [-0.2, -0.15) is 0 Å². The van der Waals surface area contributed by atoms with Gasteiger partial charge in [-0.05, 0) is 85.8 Å². The number of thiazole rings is 2. The van der Waals surface area contributed by atoms with Crippen LogP contribution < -0.4 is 16.4 Å². The van der Waals surface area contributed by atoms with Gasteiger partial charge in [0.15, 0.2) is 0 Å². The quantitative estimate of drug-likeness (QED) is 0.129. The van der Waals surface area contributed by atoms with E-state index in [-0.39, 0.29) is 29.3 Å². The maximum absolute atomic E-state index is 14.0. The molecule has 2 unspecified atom stereocenters. The predicted molar refractivity (Wildman–Crippen MR) is 275 cm³/mol. The van der Waals surface area contributed by atoms with Gasteiger partial charge in [-0.1, -0.05) is 126 Å². The van der Waals surface area contributed by atoms with E-state index >= 15 is 0 Å². The lowest BCUT2D eigenvalue weighted by Crippen LogP contribution is -2.58. The average molecular weight is 958 g/mol. The van der Waals surface area contributed by atoms with Gasteiger partial charge >= 0.3 is 6.09 Å². The van der Waals surface area contributed by atoms with Gasteiger partial charge in [-0.15, -0.1) is 22.7 Å². The molecule has 2 saturated heterocycles. The van der Waals surface area contributed by atoms with Crippen LogP contribution in [-0.4, -0.2) is 80.4 Å². The van der Waals surface area contributed by atoms with E-state index < -0.39 is 41.1 Å². The second-order valence-electron chi connectivity index (χ2n) is 21.1. The zero-order valence-electron chi connectivity index (χ0n) is 41.1. The summed E-state index contributed by atoms with van der Waals surface area (Å²) in [5.41, 5.74) is 8.88. The van der Waals surface area contributed by atoms with Crippen molar-refractivity contribution in [1.29, 1.82) is 0 Å². The van der Waals surface area contributed by atoms with E-state index in [9.17, 15) is 19.2 Å². The molecule has 4 aromatic carbocycles. The fourth-order valence-corrected chi connectivity index (χ4v) is 10.7. The highest BCUT2D eigenvalue weighted by molar-refractivity contribution is 7.10. The molecular weight excluding hydrogens is 891 g/mol. The highest BCUT2D eigenvalue weighted by atomic mass is 32.1. The molecule has 0 bridgehead atoms. The van der Waals surface area contributed by atoms with Gasteiger partial charge in [0.25, 0.3) is 0 Å². The average Bonchev–Trinajstić information content (AvgIpc) is 4.13. The summed E-state index contributed by atoms with van der Waals surface area (Å²) in [6, 6.07) is 26.9. The molecule has 5 atom stereocenters. The van der Waals surface area contributed by atoms with Crippen molar-refractivity contribution in [2.45, 2.75) is 131 Å². The first kappa shape index (κ1) is 50.2. The number of carbonyl (C=O) groups excluding carboxylic acids is 4. The van der Waals surface area contributed by atoms with E-state index in [2.05, 4.69) is 88.1 Å². The Hall–Kier alpha value is -5.70. The Morgan fingerprint density at radius 1 is 0.647 bits per heavy atom. The molecule has 4 amide bonds. The van der Waals surface area contributed by atoms with Crippen LogP contribution in [0.25, 0.3) is 44.1 Å². The Bertz CT molecular complexity index is 2750. The van der Waals surface area contributed by atoms with Crippen LogP contribution in [0.3, 0.4) is 0 Å². The van der Waals surface area contributed by atoms with Crippen molar-refractivity contribution in [3.05, 3.63) is 106 Å². The number of ether oxygens (including phenoxy) is 1. The van der Waals surface area contributed by atoms with Crippen molar-refractivity contribution in [3.8, 4) is 22.5 Å². The number of nitrogens with zero attached hydrogens (tertiary/aromatic N) is 4. The number of hydrogen-bond acceptors (Lipinski definition) is 10. The minimum Gasteiger partial charge on any atom is -0.444 e. The first-order valence-corrected chi connectivity index (χ1v) is 25.4. The maximum atomic E-state index is 14.0. The Labute approximate surface area is 409 Å². The molecule has 0 aliphatic carbocycles. The lowest BCUT2D eigenvalue weighted by Gasteiger charge is -2.36. The first-order chi connectivity index (χ1) is 32.1. The number of hydrogen-bond donors (Lipinski definition) is 3. The zero-order chi connectivity index (χ0) is 49.1. The molecular formula is C54H67N7O5S2. The van der Waals surface area contributed by atoms with Crippen LogP contribution in [0.1, 0.15) is 117 Å². The molecule has 360 valence electrons. The Morgan fingerprint density at radius 3 is 1.56 bits per heavy atom. The van der Waals surface area contributed by atoms with E-state index in [0.717, 1.165) is 75.5 Å². The summed E-state index contributed by atoms with van der Waals surface area (Å²) in [5, 5.41) is 16.3. The van der Waals surface area contributed by atoms with E-state index in [0.29, 0.717) is 6.54 Å². The number of aromatic nitrogens is 2. The number of nitrogens with one attached hydrogen (secondary N) is 2. The Kier molecular flexibility index (Phi) is 15.1. The summed E-state index contributed by atoms with van der Waals surface area (Å²) < 4.78 is 5.27. The maximum Gasteiger partial charge on any atom is 0.408 e. The van der Waals surface area contributed by atoms with Crippen LogP contribution in [0.4, 0.5) is 4.79 Å². The number of fused-ring (bicyclic) bond motifs is 2. The van der Waals surface area contributed by atoms with Gasteiger partial charge in [0.2, 0.25) is 17.7 Å². The highest BCUT2D eigenvalue weighted by Crippen LogP contribution is 2.40. The van der Waals surface area contributed by atoms with Crippen molar-refractivity contribution in [3.63, 3.8) is 0 Å². The number of carbonyl (C=O) groups is 4. The van der Waals surface area contributed by atoms with Gasteiger partial charge in [0.1, 0.15) is 27.7 Å². The minimum atomic E-state index is -0.871. The first-order valence-electron chi connectivity index (χ1n) is 23.6. The van der Waals surface area contributed by atoms with Crippen LogP contribution in [0.2, 0.25) is 0 Å². The van der Waals surface area contributed by atoms with E-state index in [1.807, 2.05) is 69.5 Å². The monoisotopic (exact) mass is 957 g/mol. The topological polar surface area (TPSA) is 160 Å². The molecule has 12 nitrogen and oxygen atoms in total. The standard InChI is InChI=1S/C31H40N4O4S.C23H27N3OS/c1-19(32-29(38)39-31(5,6)7)26(36)34-25(30(2,3)4)28(37)35-17-11-16-24(35)27-33-23(18-40-27)22-15-10-13-20-12-8-9-14-21(20)22;1-23(2,3)20(24)22(27)26-13-7-12-19(26)21-25-18(14-28-21)17-11-6-9-15-8-4-5-10-16(15)17/h8-10,12-15,18-19,24-25H,11,16-17H2,1-7H3,(H,32,38)(H,34,36);4-6,8-11,14,19-20H,7,12-13,24H2,1-3H3/t19-,24?,25+;19?,20-/m01/s1. The van der Waals surface area contributed by atoms with Gasteiger partial charge in [-0.25, -0.2) is 14.8 Å². The number of likely N-dealkylation sites (tertiary alicyclic amines) is 2. The molecule has 8 rings (SSSR count). The van der Waals surface area contributed by atoms with Crippen molar-refractivity contribution < 1.29 is 23.9 Å². The van der Waals surface area contributed by atoms with Crippen LogP contribution in [0.15, 0.2) is 95.7 Å². The molecule has 4 heterocycles. The van der Waals surface area contributed by atoms with E-state index in [1.165, 1.54) is 10.8 Å². The van der Waals surface area contributed by atoms with Crippen molar-refractivity contribution in [1.82, 2.24) is 30.4 Å². The third kappa shape index (κ3) is 11.6. The second kappa shape index (κ2) is 20.5. The Morgan fingerprint density at radius 2 is 1.10 bits per heavy atom. The van der Waals surface area contributed by atoms with Gasteiger partial charge in [0.05, 0.1) is 29.5 Å². The summed E-state index contributed by atoms with van der Waals surface area (Å²) in [4.78, 5) is 66.0. The molecule has 0 radical (unpaired) electrons. The molecule has 68 heavy (non-hydrogen) atoms. The van der Waals surface area contributed by atoms with E-state index in [4.69, 9.17) is 20.4 Å². The zero-order valence-corrected chi connectivity index (χ0v) is 42.7. The molecule has 0 spiro atoms. The number of rotatable bonds is 9. The number of nitrogens with two attached hydrogens (primary N) is 1. The largest absolute Gasteiger partial charge is 0.444 e. The third-order valence-corrected chi connectivity index (χ3v) is 14.4. The number of amides is 4. The SMILES string of the molecule is CC(C)(C)[C@H](N)C(=O)N1CCCC1c1nc(-c2cccc3ccccc23)cs1.C[C@H](NC(=O)OC(C)(C)C)C(=O)N[C@H](C(=O)N1CCCC1c1nc(-c2cccc3ccccc23)cs1)C(C)(C)C. The fourth-order valence-electron chi connectivity index (χ4n) is 8.78. The normalized spacial score (nSPS) is 17.9. The summed E-state index contributed by atoms with van der Waals surface area (Å²) in [5.74, 6) is -0.547. The number of alkyl carbamates (subject to hydrolysis) is 1. The van der Waals surface area contributed by atoms with E-state index in [1.54, 1.807) is 50.4 Å². The second-order valence-corrected chi connectivity index (χ2v) is 22.9. The summed E-state index contributed by atoms with van der Waals surface area (Å²) in [6.45, 7) is 20.0. The molecule has 6 aromatic rings. The predicted octanol–water partition coefficient (Wildman–Crippen LogP) is 11.1. The van der Waals surface area contributed by atoms with Crippen LogP contribution in [0, 0.1) is 10.8 Å². The Balaban J connectivity index is 0.000000214. The lowest BCUT2D eigenvalue weighted by molar-refractivity contribution is -0.140.